The number of anilines is 1. The second-order valence-electron chi connectivity index (χ2n) is 9.22. The molecule has 0 spiro atoms. The summed E-state index contributed by atoms with van der Waals surface area (Å²) in [5.74, 6) is -0.0660. The van der Waals surface area contributed by atoms with E-state index in [2.05, 4.69) is 21.8 Å². The zero-order chi connectivity index (χ0) is 25.6. The molecule has 1 atom stereocenters. The quantitative estimate of drug-likeness (QED) is 0.331. The summed E-state index contributed by atoms with van der Waals surface area (Å²) < 4.78 is 3.36. The molecule has 1 saturated heterocycles. The maximum absolute atomic E-state index is 13.2. The molecule has 1 aliphatic heterocycles. The Labute approximate surface area is 221 Å². The predicted octanol–water partition coefficient (Wildman–Crippen LogP) is 5.83. The maximum atomic E-state index is 13.2. The number of fused-ring (bicyclic) bond motifs is 1. The maximum Gasteiger partial charge on any atom is 0.253 e. The van der Waals surface area contributed by atoms with E-state index in [1.807, 2.05) is 89.5 Å². The van der Waals surface area contributed by atoms with E-state index in [0.29, 0.717) is 31.7 Å². The summed E-state index contributed by atoms with van der Waals surface area (Å²) in [5, 5.41) is 1.10. The monoisotopic (exact) mass is 510 g/mol. The molecule has 6 nitrogen and oxygen atoms in total. The Hall–Kier alpha value is -3.84. The molecule has 2 amide bonds. The summed E-state index contributed by atoms with van der Waals surface area (Å²) in [6.07, 6.45) is 2.57. The van der Waals surface area contributed by atoms with Crippen molar-refractivity contribution in [3.63, 3.8) is 0 Å². The minimum absolute atomic E-state index is 0.00265. The number of rotatable bonds is 6. The van der Waals surface area contributed by atoms with Gasteiger partial charge in [-0.05, 0) is 67.3 Å². The number of nitrogens with one attached hydrogen (secondary N) is 1. The lowest BCUT2D eigenvalue weighted by atomic mass is 10.00. The number of nitrogens with zero attached hydrogens (tertiary/aromatic N) is 3. The minimum atomic E-state index is -0.189. The van der Waals surface area contributed by atoms with E-state index in [4.69, 9.17) is 0 Å². The van der Waals surface area contributed by atoms with Crippen LogP contribution < -0.4 is 4.72 Å². The lowest BCUT2D eigenvalue weighted by Crippen LogP contribution is -2.39. The van der Waals surface area contributed by atoms with Crippen LogP contribution in [0.5, 0.6) is 0 Å². The second kappa shape index (κ2) is 11.5. The zero-order valence-electron chi connectivity index (χ0n) is 20.8. The van der Waals surface area contributed by atoms with Gasteiger partial charge in [0.05, 0.1) is 16.3 Å². The van der Waals surface area contributed by atoms with Crippen LogP contribution in [-0.2, 0) is 4.79 Å². The van der Waals surface area contributed by atoms with Crippen LogP contribution in [0.1, 0.15) is 35.2 Å². The zero-order valence-corrected chi connectivity index (χ0v) is 21.7. The van der Waals surface area contributed by atoms with Gasteiger partial charge in [-0.3, -0.25) is 14.6 Å². The van der Waals surface area contributed by atoms with E-state index in [-0.39, 0.29) is 17.7 Å². The van der Waals surface area contributed by atoms with E-state index in [1.165, 1.54) is 11.9 Å². The van der Waals surface area contributed by atoms with Gasteiger partial charge in [0.15, 0.2) is 0 Å². The van der Waals surface area contributed by atoms with Gasteiger partial charge in [-0.1, -0.05) is 48.5 Å². The van der Waals surface area contributed by atoms with Crippen LogP contribution in [0.15, 0.2) is 96.0 Å². The van der Waals surface area contributed by atoms with Crippen LogP contribution in [0.4, 0.5) is 5.69 Å². The summed E-state index contributed by atoms with van der Waals surface area (Å²) in [4.78, 5) is 35.6. The summed E-state index contributed by atoms with van der Waals surface area (Å²) in [5.41, 5.74) is 3.55. The third-order valence-electron chi connectivity index (χ3n) is 6.77. The molecule has 0 radical (unpaired) electrons. The first-order valence-corrected chi connectivity index (χ1v) is 13.4. The molecule has 0 saturated carbocycles. The standard InChI is InChI=1S/C30H30N4O2S/c1-22(23-8-3-2-4-9-23)29(35)33-18-7-19-34(21-20-33)30(36)25-13-15-26(16-14-25)32-37-27-12-5-10-24-11-6-17-31-28(24)27/h2-6,8-17,22,32H,7,18-21H2,1H3. The van der Waals surface area contributed by atoms with Crippen LogP contribution in [0.25, 0.3) is 10.9 Å². The third kappa shape index (κ3) is 5.78. The molecule has 2 heterocycles. The summed E-state index contributed by atoms with van der Waals surface area (Å²) >= 11 is 1.51. The van der Waals surface area contributed by atoms with Crippen LogP contribution in [0.3, 0.4) is 0 Å². The molecule has 188 valence electrons. The first kappa shape index (κ1) is 24.8. The van der Waals surface area contributed by atoms with E-state index in [0.717, 1.165) is 33.5 Å². The van der Waals surface area contributed by atoms with Crippen LogP contribution in [0.2, 0.25) is 0 Å². The lowest BCUT2D eigenvalue weighted by molar-refractivity contribution is -0.132. The molecule has 5 rings (SSSR count). The van der Waals surface area contributed by atoms with Gasteiger partial charge < -0.3 is 14.5 Å². The third-order valence-corrected chi connectivity index (χ3v) is 7.66. The first-order valence-electron chi connectivity index (χ1n) is 12.6. The highest BCUT2D eigenvalue weighted by atomic mass is 32.2. The minimum Gasteiger partial charge on any atom is -0.340 e. The molecule has 4 aromatic rings. The van der Waals surface area contributed by atoms with E-state index < -0.39 is 0 Å². The highest BCUT2D eigenvalue weighted by Gasteiger charge is 2.26. The van der Waals surface area contributed by atoms with Gasteiger partial charge in [-0.2, -0.15) is 0 Å². The van der Waals surface area contributed by atoms with Gasteiger partial charge in [0, 0.05) is 49.0 Å². The summed E-state index contributed by atoms with van der Waals surface area (Å²) in [6.45, 7) is 4.36. The topological polar surface area (TPSA) is 65.5 Å². The average Bonchev–Trinajstić information content (AvgIpc) is 3.22. The number of benzene rings is 3. The van der Waals surface area contributed by atoms with Crippen molar-refractivity contribution in [2.24, 2.45) is 0 Å². The van der Waals surface area contributed by atoms with Crippen molar-refractivity contribution in [1.29, 1.82) is 0 Å². The fourth-order valence-corrected chi connectivity index (χ4v) is 5.41. The molecule has 1 fully saturated rings. The largest absolute Gasteiger partial charge is 0.340 e. The average molecular weight is 511 g/mol. The number of carbonyl (C=O) groups excluding carboxylic acids is 2. The SMILES string of the molecule is CC(C(=O)N1CCCN(C(=O)c2ccc(NSc3cccc4cccnc34)cc2)CC1)c1ccccc1. The molecular weight excluding hydrogens is 480 g/mol. The van der Waals surface area contributed by atoms with Crippen LogP contribution >= 0.6 is 11.9 Å². The number of aromatic nitrogens is 1. The van der Waals surface area contributed by atoms with Crippen molar-refractivity contribution in [2.45, 2.75) is 24.2 Å². The molecule has 3 aromatic carbocycles. The van der Waals surface area contributed by atoms with Gasteiger partial charge >= 0.3 is 0 Å². The Kier molecular flexibility index (Phi) is 7.70. The van der Waals surface area contributed by atoms with E-state index >= 15 is 0 Å². The molecule has 0 aliphatic carbocycles. The molecule has 7 heteroatoms. The number of carbonyl (C=O) groups is 2. The second-order valence-corrected chi connectivity index (χ2v) is 10.1. The summed E-state index contributed by atoms with van der Waals surface area (Å²) in [6, 6.07) is 27.5. The smallest absolute Gasteiger partial charge is 0.253 e. The van der Waals surface area contributed by atoms with Crippen LogP contribution in [-0.4, -0.2) is 52.8 Å². The van der Waals surface area contributed by atoms with Crippen molar-refractivity contribution >= 4 is 40.4 Å². The predicted molar refractivity (Wildman–Crippen MR) is 150 cm³/mol. The Morgan fingerprint density at radius 2 is 1.57 bits per heavy atom. The number of para-hydroxylation sites is 1. The van der Waals surface area contributed by atoms with E-state index in [1.54, 1.807) is 6.20 Å². The molecule has 1 N–H and O–H groups in total. The van der Waals surface area contributed by atoms with Gasteiger partial charge in [0.1, 0.15) is 0 Å². The number of hydrogen-bond acceptors (Lipinski definition) is 5. The van der Waals surface area contributed by atoms with Gasteiger partial charge in [0.2, 0.25) is 5.91 Å². The van der Waals surface area contributed by atoms with Gasteiger partial charge in [0.25, 0.3) is 5.91 Å². The lowest BCUT2D eigenvalue weighted by Gasteiger charge is -2.25. The van der Waals surface area contributed by atoms with Crippen molar-refractivity contribution in [2.75, 3.05) is 30.9 Å². The number of hydrogen-bond donors (Lipinski definition) is 1. The highest BCUT2D eigenvalue weighted by molar-refractivity contribution is 8.00. The molecule has 0 bridgehead atoms. The molecule has 1 aromatic heterocycles. The number of pyridine rings is 1. The first-order chi connectivity index (χ1) is 18.1. The van der Waals surface area contributed by atoms with Crippen molar-refractivity contribution in [1.82, 2.24) is 14.8 Å². The Morgan fingerprint density at radius 1 is 0.838 bits per heavy atom. The molecular formula is C30H30N4O2S. The van der Waals surface area contributed by atoms with Gasteiger partial charge in [-0.25, -0.2) is 0 Å². The summed E-state index contributed by atoms with van der Waals surface area (Å²) in [7, 11) is 0. The molecule has 1 unspecified atom stereocenters. The Balaban J connectivity index is 1.17. The number of amides is 2. The normalized spacial score (nSPS) is 14.7. The fourth-order valence-electron chi connectivity index (χ4n) is 4.63. The van der Waals surface area contributed by atoms with Crippen molar-refractivity contribution in [3.05, 3.63) is 102 Å². The molecule has 1 aliphatic rings. The fraction of sp³-hybridized carbons (Fsp3) is 0.233. The van der Waals surface area contributed by atoms with Crippen molar-refractivity contribution in [3.8, 4) is 0 Å². The van der Waals surface area contributed by atoms with Crippen molar-refractivity contribution < 1.29 is 9.59 Å². The van der Waals surface area contributed by atoms with Gasteiger partial charge in [-0.15, -0.1) is 0 Å². The Morgan fingerprint density at radius 3 is 2.38 bits per heavy atom. The highest BCUT2D eigenvalue weighted by Crippen LogP contribution is 2.27. The van der Waals surface area contributed by atoms with E-state index in [9.17, 15) is 9.59 Å². The Bertz CT molecular complexity index is 1370. The van der Waals surface area contributed by atoms with Crippen LogP contribution in [0, 0.1) is 0 Å². The molecule has 37 heavy (non-hydrogen) atoms.